The molecule has 0 aliphatic carbocycles. The molecule has 7 heteroatoms. The molecule has 1 N–H and O–H groups in total. The van der Waals surface area contributed by atoms with Crippen LogP contribution in [0.15, 0.2) is 48.8 Å². The first-order valence-corrected chi connectivity index (χ1v) is 8.96. The van der Waals surface area contributed by atoms with Crippen molar-refractivity contribution in [1.82, 2.24) is 25.3 Å². The number of aryl methyl sites for hydroxylation is 1. The van der Waals surface area contributed by atoms with Crippen molar-refractivity contribution in [2.75, 3.05) is 6.54 Å². The highest BCUT2D eigenvalue weighted by molar-refractivity contribution is 5.99. The lowest BCUT2D eigenvalue weighted by molar-refractivity contribution is 0.0748. The van der Waals surface area contributed by atoms with Gasteiger partial charge in [-0.1, -0.05) is 24.3 Å². The highest BCUT2D eigenvalue weighted by Gasteiger charge is 2.36. The standard InChI is InChI=1S/C21H18N6O/c1-14-8-9-23-19(12-22)18(14)11-20-16-6-2-3-7-17(16)21(28)27(20)10-4-5-15-13-24-26-25-15/h2-9,13,20H,10-11H2,1H3,(H,24,25,26)/b5-4+. The monoisotopic (exact) mass is 370 g/mol. The maximum atomic E-state index is 13.0. The van der Waals surface area contributed by atoms with E-state index in [-0.39, 0.29) is 11.9 Å². The lowest BCUT2D eigenvalue weighted by Crippen LogP contribution is -2.29. The van der Waals surface area contributed by atoms with Gasteiger partial charge < -0.3 is 4.90 Å². The molecule has 1 aliphatic rings. The van der Waals surface area contributed by atoms with Gasteiger partial charge in [0.2, 0.25) is 0 Å². The first-order chi connectivity index (χ1) is 13.7. The fraction of sp³-hybridized carbons (Fsp3) is 0.190. The number of nitriles is 1. The third-order valence-corrected chi connectivity index (χ3v) is 5.01. The van der Waals surface area contributed by atoms with E-state index in [1.807, 2.05) is 54.3 Å². The van der Waals surface area contributed by atoms with Gasteiger partial charge in [-0.05, 0) is 41.8 Å². The number of aromatic amines is 1. The Morgan fingerprint density at radius 2 is 2.18 bits per heavy atom. The molecule has 7 nitrogen and oxygen atoms in total. The van der Waals surface area contributed by atoms with Gasteiger partial charge in [0.25, 0.3) is 5.91 Å². The van der Waals surface area contributed by atoms with E-state index in [1.165, 1.54) is 0 Å². The molecule has 1 aliphatic heterocycles. The SMILES string of the molecule is Cc1ccnc(C#N)c1CC1c2ccccc2C(=O)N1C/C=C/c1cn[nH]n1. The van der Waals surface area contributed by atoms with Crippen molar-refractivity contribution >= 4 is 12.0 Å². The summed E-state index contributed by atoms with van der Waals surface area (Å²) in [5.74, 6) is -0.00884. The first-order valence-electron chi connectivity index (χ1n) is 8.96. The van der Waals surface area contributed by atoms with Crippen LogP contribution in [-0.2, 0) is 6.42 Å². The Hall–Kier alpha value is -3.79. The first kappa shape index (κ1) is 17.6. The summed E-state index contributed by atoms with van der Waals surface area (Å²) in [6.07, 6.45) is 7.53. The minimum absolute atomic E-state index is 0.00884. The fourth-order valence-corrected chi connectivity index (χ4v) is 3.59. The van der Waals surface area contributed by atoms with Crippen LogP contribution in [0.25, 0.3) is 6.08 Å². The molecular formula is C21H18N6O. The number of benzene rings is 1. The third-order valence-electron chi connectivity index (χ3n) is 5.01. The van der Waals surface area contributed by atoms with Crippen LogP contribution in [0.3, 0.4) is 0 Å². The number of pyridine rings is 1. The van der Waals surface area contributed by atoms with Crippen molar-refractivity contribution in [3.05, 3.63) is 82.4 Å². The van der Waals surface area contributed by atoms with Crippen LogP contribution in [0.1, 0.15) is 44.5 Å². The Balaban J connectivity index is 1.67. The average Bonchev–Trinajstić information content (AvgIpc) is 3.32. The van der Waals surface area contributed by atoms with Crippen molar-refractivity contribution in [2.45, 2.75) is 19.4 Å². The molecule has 1 unspecified atom stereocenters. The van der Waals surface area contributed by atoms with Gasteiger partial charge in [0.1, 0.15) is 17.5 Å². The van der Waals surface area contributed by atoms with E-state index in [4.69, 9.17) is 0 Å². The number of hydrogen-bond acceptors (Lipinski definition) is 5. The predicted octanol–water partition coefficient (Wildman–Crippen LogP) is 2.83. The summed E-state index contributed by atoms with van der Waals surface area (Å²) in [5.41, 5.74) is 4.69. The van der Waals surface area contributed by atoms with E-state index in [2.05, 4.69) is 26.5 Å². The summed E-state index contributed by atoms with van der Waals surface area (Å²) < 4.78 is 0. The molecule has 4 rings (SSSR count). The molecule has 0 saturated carbocycles. The smallest absolute Gasteiger partial charge is 0.255 e. The van der Waals surface area contributed by atoms with E-state index >= 15 is 0 Å². The molecule has 2 aromatic heterocycles. The fourth-order valence-electron chi connectivity index (χ4n) is 3.59. The number of nitrogens with zero attached hydrogens (tertiary/aromatic N) is 5. The topological polar surface area (TPSA) is 98.6 Å². The Kier molecular flexibility index (Phi) is 4.68. The van der Waals surface area contributed by atoms with Crippen LogP contribution in [-0.4, -0.2) is 37.7 Å². The van der Waals surface area contributed by atoms with E-state index in [1.54, 1.807) is 12.4 Å². The summed E-state index contributed by atoms with van der Waals surface area (Å²) in [6.45, 7) is 2.40. The van der Waals surface area contributed by atoms with Crippen molar-refractivity contribution in [1.29, 1.82) is 5.26 Å². The highest BCUT2D eigenvalue weighted by Crippen LogP contribution is 2.36. The minimum atomic E-state index is -0.152. The van der Waals surface area contributed by atoms with Crippen molar-refractivity contribution < 1.29 is 4.79 Å². The maximum absolute atomic E-state index is 13.0. The number of amides is 1. The number of carbonyl (C=O) groups is 1. The number of H-pyrrole nitrogens is 1. The van der Waals surface area contributed by atoms with Gasteiger partial charge in [-0.3, -0.25) is 4.79 Å². The molecule has 3 heterocycles. The molecule has 0 bridgehead atoms. The summed E-state index contributed by atoms with van der Waals surface area (Å²) in [6, 6.07) is 11.6. The summed E-state index contributed by atoms with van der Waals surface area (Å²) in [7, 11) is 0. The van der Waals surface area contributed by atoms with Gasteiger partial charge in [0.05, 0.1) is 12.2 Å². The Bertz CT molecular complexity index is 1080. The zero-order valence-corrected chi connectivity index (χ0v) is 15.3. The van der Waals surface area contributed by atoms with Crippen molar-refractivity contribution in [3.8, 4) is 6.07 Å². The van der Waals surface area contributed by atoms with Crippen molar-refractivity contribution in [2.24, 2.45) is 0 Å². The van der Waals surface area contributed by atoms with Gasteiger partial charge in [0, 0.05) is 24.7 Å². The van der Waals surface area contributed by atoms with Crippen molar-refractivity contribution in [3.63, 3.8) is 0 Å². The molecule has 3 aromatic rings. The molecular weight excluding hydrogens is 352 g/mol. The summed E-state index contributed by atoms with van der Waals surface area (Å²) >= 11 is 0. The van der Waals surface area contributed by atoms with Gasteiger partial charge >= 0.3 is 0 Å². The van der Waals surface area contributed by atoms with Crippen LogP contribution in [0.2, 0.25) is 0 Å². The summed E-state index contributed by atoms with van der Waals surface area (Å²) in [4.78, 5) is 19.0. The lowest BCUT2D eigenvalue weighted by atomic mass is 9.95. The zero-order valence-electron chi connectivity index (χ0n) is 15.3. The molecule has 0 radical (unpaired) electrons. The summed E-state index contributed by atoms with van der Waals surface area (Å²) in [5, 5.41) is 19.8. The average molecular weight is 370 g/mol. The van der Waals surface area contributed by atoms with E-state index in [0.29, 0.717) is 29.9 Å². The Morgan fingerprint density at radius 3 is 2.96 bits per heavy atom. The number of fused-ring (bicyclic) bond motifs is 1. The number of rotatable bonds is 5. The van der Waals surface area contributed by atoms with E-state index in [0.717, 1.165) is 16.7 Å². The Labute approximate surface area is 162 Å². The van der Waals surface area contributed by atoms with Gasteiger partial charge in [-0.15, -0.1) is 0 Å². The van der Waals surface area contributed by atoms with Crippen LogP contribution in [0.4, 0.5) is 0 Å². The minimum Gasteiger partial charge on any atom is -0.327 e. The number of hydrogen-bond donors (Lipinski definition) is 1. The molecule has 138 valence electrons. The van der Waals surface area contributed by atoms with Gasteiger partial charge in [-0.25, -0.2) is 4.98 Å². The second kappa shape index (κ2) is 7.45. The second-order valence-electron chi connectivity index (χ2n) is 6.63. The van der Waals surface area contributed by atoms with Crippen LogP contribution >= 0.6 is 0 Å². The zero-order chi connectivity index (χ0) is 19.5. The second-order valence-corrected chi connectivity index (χ2v) is 6.63. The van der Waals surface area contributed by atoms with E-state index in [9.17, 15) is 10.1 Å². The van der Waals surface area contributed by atoms with Crippen LogP contribution < -0.4 is 0 Å². The normalized spacial score (nSPS) is 15.8. The number of aromatic nitrogens is 4. The predicted molar refractivity (Wildman–Crippen MR) is 103 cm³/mol. The maximum Gasteiger partial charge on any atom is 0.255 e. The molecule has 0 fully saturated rings. The van der Waals surface area contributed by atoms with Gasteiger partial charge in [-0.2, -0.15) is 20.7 Å². The quantitative estimate of drug-likeness (QED) is 0.745. The van der Waals surface area contributed by atoms with Crippen LogP contribution in [0.5, 0.6) is 0 Å². The van der Waals surface area contributed by atoms with E-state index < -0.39 is 0 Å². The van der Waals surface area contributed by atoms with Crippen LogP contribution in [0, 0.1) is 18.3 Å². The highest BCUT2D eigenvalue weighted by atomic mass is 16.2. The molecule has 28 heavy (non-hydrogen) atoms. The molecule has 0 spiro atoms. The third kappa shape index (κ3) is 3.16. The number of nitrogens with one attached hydrogen (secondary N) is 1. The molecule has 1 aromatic carbocycles. The Morgan fingerprint density at radius 1 is 1.32 bits per heavy atom. The molecule has 1 atom stereocenters. The molecule has 1 amide bonds. The lowest BCUT2D eigenvalue weighted by Gasteiger charge is -2.25. The largest absolute Gasteiger partial charge is 0.327 e. The van der Waals surface area contributed by atoms with Gasteiger partial charge in [0.15, 0.2) is 0 Å². The molecule has 0 saturated heterocycles. The number of carbonyl (C=O) groups excluding carboxylic acids is 1.